The average molecular weight is 463 g/mol. The first-order valence-corrected chi connectivity index (χ1v) is 8.11. The highest BCUT2D eigenvalue weighted by molar-refractivity contribution is 14.0. The molecule has 1 amide bonds. The van der Waals surface area contributed by atoms with Crippen molar-refractivity contribution in [2.75, 3.05) is 20.1 Å². The number of nitrogens with zero attached hydrogens (tertiary/aromatic N) is 2. The van der Waals surface area contributed by atoms with Crippen LogP contribution in [0.25, 0.3) is 0 Å². The topological polar surface area (TPSA) is 91.5 Å². The summed E-state index contributed by atoms with van der Waals surface area (Å²) in [6.45, 7) is 5.71. The molecule has 2 rings (SSSR count). The molecule has 132 valence electrons. The molecule has 24 heavy (non-hydrogen) atoms. The molecular formula is C15H22IN5O2S. The molecule has 0 unspecified atom stereocenters. The molecule has 9 heteroatoms. The van der Waals surface area contributed by atoms with Crippen molar-refractivity contribution in [3.63, 3.8) is 0 Å². The van der Waals surface area contributed by atoms with Crippen LogP contribution in [0.4, 0.5) is 0 Å². The Balaban J connectivity index is 0.00000288. The van der Waals surface area contributed by atoms with Crippen LogP contribution in [0.3, 0.4) is 0 Å². The lowest BCUT2D eigenvalue weighted by atomic mass is 10.4. The number of rotatable bonds is 6. The molecule has 0 aliphatic heterocycles. The Morgan fingerprint density at radius 1 is 1.29 bits per heavy atom. The largest absolute Gasteiger partial charge is 0.459 e. The SMILES string of the molecule is CN=C(NCCNC(=O)c1ccco1)NCc1sc(C)nc1C.I. The quantitative estimate of drug-likeness (QED) is 0.264. The van der Waals surface area contributed by atoms with Gasteiger partial charge in [-0.15, -0.1) is 35.3 Å². The minimum Gasteiger partial charge on any atom is -0.459 e. The predicted octanol–water partition coefficient (Wildman–Crippen LogP) is 2.07. The van der Waals surface area contributed by atoms with Crippen LogP contribution in [0.2, 0.25) is 0 Å². The van der Waals surface area contributed by atoms with Crippen LogP contribution < -0.4 is 16.0 Å². The number of guanidine groups is 1. The van der Waals surface area contributed by atoms with Gasteiger partial charge in [0.1, 0.15) is 0 Å². The molecule has 2 aromatic heterocycles. The maximum atomic E-state index is 11.7. The van der Waals surface area contributed by atoms with Gasteiger partial charge >= 0.3 is 0 Å². The number of nitrogens with one attached hydrogen (secondary N) is 3. The van der Waals surface area contributed by atoms with Crippen molar-refractivity contribution in [1.82, 2.24) is 20.9 Å². The van der Waals surface area contributed by atoms with E-state index in [0.29, 0.717) is 31.4 Å². The summed E-state index contributed by atoms with van der Waals surface area (Å²) in [4.78, 5) is 21.4. The van der Waals surface area contributed by atoms with Crippen LogP contribution >= 0.6 is 35.3 Å². The van der Waals surface area contributed by atoms with E-state index >= 15 is 0 Å². The minimum atomic E-state index is -0.226. The Morgan fingerprint density at radius 3 is 2.62 bits per heavy atom. The zero-order valence-electron chi connectivity index (χ0n) is 13.9. The van der Waals surface area contributed by atoms with Crippen LogP contribution in [0.1, 0.15) is 26.1 Å². The van der Waals surface area contributed by atoms with Gasteiger partial charge in [-0.3, -0.25) is 9.79 Å². The number of aliphatic imine (C=N–C) groups is 1. The van der Waals surface area contributed by atoms with E-state index in [2.05, 4.69) is 25.9 Å². The lowest BCUT2D eigenvalue weighted by Gasteiger charge is -2.11. The fourth-order valence-corrected chi connectivity index (χ4v) is 2.85. The molecule has 0 aliphatic rings. The third kappa shape index (κ3) is 6.11. The molecule has 0 spiro atoms. The summed E-state index contributed by atoms with van der Waals surface area (Å²) in [7, 11) is 1.71. The minimum absolute atomic E-state index is 0. The van der Waals surface area contributed by atoms with E-state index < -0.39 is 0 Å². The predicted molar refractivity (Wildman–Crippen MR) is 106 cm³/mol. The molecule has 0 saturated carbocycles. The Kier molecular flexibility index (Phi) is 8.76. The van der Waals surface area contributed by atoms with Crippen LogP contribution in [0, 0.1) is 13.8 Å². The van der Waals surface area contributed by atoms with Gasteiger partial charge in [0.15, 0.2) is 11.7 Å². The number of hydrogen-bond donors (Lipinski definition) is 3. The van der Waals surface area contributed by atoms with Crippen molar-refractivity contribution < 1.29 is 9.21 Å². The second kappa shape index (κ2) is 10.3. The smallest absolute Gasteiger partial charge is 0.287 e. The van der Waals surface area contributed by atoms with Crippen molar-refractivity contribution in [2.45, 2.75) is 20.4 Å². The molecular weight excluding hydrogens is 441 g/mol. The maximum Gasteiger partial charge on any atom is 0.287 e. The molecule has 7 nitrogen and oxygen atoms in total. The van der Waals surface area contributed by atoms with E-state index in [4.69, 9.17) is 4.42 Å². The van der Waals surface area contributed by atoms with Gasteiger partial charge in [-0.05, 0) is 26.0 Å². The Hall–Kier alpha value is -1.62. The number of halogens is 1. The highest BCUT2D eigenvalue weighted by Gasteiger charge is 2.08. The van der Waals surface area contributed by atoms with Crippen molar-refractivity contribution in [2.24, 2.45) is 4.99 Å². The number of hydrogen-bond acceptors (Lipinski definition) is 5. The Bertz CT molecular complexity index is 669. The molecule has 0 radical (unpaired) electrons. The summed E-state index contributed by atoms with van der Waals surface area (Å²) in [5.41, 5.74) is 1.04. The lowest BCUT2D eigenvalue weighted by molar-refractivity contribution is 0.0926. The first-order chi connectivity index (χ1) is 11.1. The van der Waals surface area contributed by atoms with Crippen LogP contribution in [0.15, 0.2) is 27.8 Å². The second-order valence-corrected chi connectivity index (χ2v) is 6.11. The third-order valence-electron chi connectivity index (χ3n) is 3.09. The molecule has 0 fully saturated rings. The van der Waals surface area contributed by atoms with Crippen LogP contribution in [0.5, 0.6) is 0 Å². The van der Waals surface area contributed by atoms with Gasteiger partial charge < -0.3 is 20.4 Å². The first kappa shape index (κ1) is 20.4. The van der Waals surface area contributed by atoms with Gasteiger partial charge in [0.2, 0.25) is 0 Å². The van der Waals surface area contributed by atoms with Crippen molar-refractivity contribution in [3.05, 3.63) is 39.7 Å². The highest BCUT2D eigenvalue weighted by atomic mass is 127. The van der Waals surface area contributed by atoms with E-state index in [9.17, 15) is 4.79 Å². The van der Waals surface area contributed by atoms with Gasteiger partial charge in [0.25, 0.3) is 5.91 Å². The van der Waals surface area contributed by atoms with E-state index in [1.165, 1.54) is 11.1 Å². The molecule has 0 aromatic carbocycles. The number of furan rings is 1. The maximum absolute atomic E-state index is 11.7. The molecule has 0 atom stereocenters. The van der Waals surface area contributed by atoms with Crippen LogP contribution in [-0.4, -0.2) is 37.0 Å². The second-order valence-electron chi connectivity index (χ2n) is 4.83. The molecule has 0 saturated heterocycles. The standard InChI is InChI=1S/C15H21N5O2S.HI/c1-10-13(23-11(2)20-10)9-19-15(16-3)18-7-6-17-14(21)12-5-4-8-22-12;/h4-5,8H,6-7,9H2,1-3H3,(H,17,21)(H2,16,18,19);1H. The summed E-state index contributed by atoms with van der Waals surface area (Å²) < 4.78 is 5.02. The van der Waals surface area contributed by atoms with Gasteiger partial charge in [0.05, 0.1) is 23.5 Å². The molecule has 3 N–H and O–H groups in total. The zero-order valence-corrected chi connectivity index (χ0v) is 17.0. The Labute approximate surface area is 162 Å². The monoisotopic (exact) mass is 463 g/mol. The molecule has 0 bridgehead atoms. The van der Waals surface area contributed by atoms with Crippen molar-refractivity contribution >= 4 is 47.2 Å². The number of aromatic nitrogens is 1. The number of thiazole rings is 1. The highest BCUT2D eigenvalue weighted by Crippen LogP contribution is 2.16. The summed E-state index contributed by atoms with van der Waals surface area (Å²) in [6, 6.07) is 3.31. The first-order valence-electron chi connectivity index (χ1n) is 7.29. The summed E-state index contributed by atoms with van der Waals surface area (Å²) in [5.74, 6) is 0.766. The molecule has 2 aromatic rings. The average Bonchev–Trinajstić information content (AvgIpc) is 3.16. The van der Waals surface area contributed by atoms with Crippen LogP contribution in [-0.2, 0) is 6.54 Å². The van der Waals surface area contributed by atoms with Gasteiger partial charge in [-0.25, -0.2) is 4.98 Å². The van der Waals surface area contributed by atoms with Crippen molar-refractivity contribution in [1.29, 1.82) is 0 Å². The number of carbonyl (C=O) groups excluding carboxylic acids is 1. The lowest BCUT2D eigenvalue weighted by Crippen LogP contribution is -2.41. The number of amides is 1. The summed E-state index contributed by atoms with van der Waals surface area (Å²) in [5, 5.41) is 10.2. The summed E-state index contributed by atoms with van der Waals surface area (Å²) in [6.07, 6.45) is 1.47. The van der Waals surface area contributed by atoms with Crippen molar-refractivity contribution in [3.8, 4) is 0 Å². The molecule has 2 heterocycles. The van der Waals surface area contributed by atoms with E-state index in [-0.39, 0.29) is 29.9 Å². The Morgan fingerprint density at radius 2 is 2.04 bits per heavy atom. The number of aryl methyl sites for hydroxylation is 2. The van der Waals surface area contributed by atoms with Gasteiger partial charge in [-0.1, -0.05) is 0 Å². The van der Waals surface area contributed by atoms with Gasteiger partial charge in [0, 0.05) is 25.0 Å². The zero-order chi connectivity index (χ0) is 16.7. The fourth-order valence-electron chi connectivity index (χ4n) is 1.97. The molecule has 0 aliphatic carbocycles. The van der Waals surface area contributed by atoms with E-state index in [1.807, 2.05) is 13.8 Å². The van der Waals surface area contributed by atoms with Gasteiger partial charge in [-0.2, -0.15) is 0 Å². The number of carbonyl (C=O) groups is 1. The van der Waals surface area contributed by atoms with E-state index in [0.717, 1.165) is 10.7 Å². The normalized spacial score (nSPS) is 10.9. The fraction of sp³-hybridized carbons (Fsp3) is 0.400. The third-order valence-corrected chi connectivity index (χ3v) is 4.16. The van der Waals surface area contributed by atoms with E-state index in [1.54, 1.807) is 30.5 Å². The summed E-state index contributed by atoms with van der Waals surface area (Å²) >= 11 is 1.67.